The molecule has 3 atom stereocenters. The number of Topliss-reactive ketones (excluding diaryl/α,β-unsaturated/α-hetero) is 1. The highest BCUT2D eigenvalue weighted by Gasteiger charge is 2.49. The van der Waals surface area contributed by atoms with E-state index in [1.807, 2.05) is 0 Å². The Morgan fingerprint density at radius 1 is 1.11 bits per heavy atom. The average Bonchev–Trinajstić information content (AvgIpc) is 3.18. The van der Waals surface area contributed by atoms with Crippen molar-refractivity contribution in [1.82, 2.24) is 24.2 Å². The van der Waals surface area contributed by atoms with E-state index in [2.05, 4.69) is 19.9 Å². The van der Waals surface area contributed by atoms with Crippen LogP contribution in [0.15, 0.2) is 48.0 Å². The summed E-state index contributed by atoms with van der Waals surface area (Å²) in [4.78, 5) is 27.9. The Bertz CT molecular complexity index is 1440. The van der Waals surface area contributed by atoms with Gasteiger partial charge in [-0.3, -0.25) is 9.78 Å². The molecule has 3 aromatic heterocycles. The number of carbonyl (C=O) groups is 1. The Hall–Kier alpha value is -3.03. The van der Waals surface area contributed by atoms with Gasteiger partial charge in [0.05, 0.1) is 22.8 Å². The SMILES string of the molecule is Cc1cnc(-c2cnc(C(F)(F)F)nc2)cc1CCC(=O)[C@@H]1C[C@@H](F)[C@H](C)N1S(=O)(=O)c1ccc(Cl)cn1. The maximum atomic E-state index is 14.7. The average molecular weight is 572 g/mol. The van der Waals surface area contributed by atoms with Gasteiger partial charge in [-0.05, 0) is 49.6 Å². The topological polar surface area (TPSA) is 106 Å². The van der Waals surface area contributed by atoms with Gasteiger partial charge in [0.2, 0.25) is 5.82 Å². The lowest BCUT2D eigenvalue weighted by Gasteiger charge is -2.26. The molecule has 0 spiro atoms. The van der Waals surface area contributed by atoms with Gasteiger partial charge in [-0.2, -0.15) is 17.5 Å². The summed E-state index contributed by atoms with van der Waals surface area (Å²) in [5.74, 6) is -1.74. The molecule has 0 radical (unpaired) electrons. The third-order valence-electron chi connectivity index (χ3n) is 6.35. The van der Waals surface area contributed by atoms with E-state index in [-0.39, 0.29) is 34.9 Å². The molecule has 0 amide bonds. The molecule has 1 aliphatic rings. The van der Waals surface area contributed by atoms with Crippen LogP contribution in [-0.2, 0) is 27.4 Å². The smallest absolute Gasteiger partial charge is 0.298 e. The lowest BCUT2D eigenvalue weighted by molar-refractivity contribution is -0.145. The molecule has 4 rings (SSSR count). The van der Waals surface area contributed by atoms with Crippen LogP contribution < -0.4 is 0 Å². The Labute approximate surface area is 221 Å². The van der Waals surface area contributed by atoms with Crippen molar-refractivity contribution in [1.29, 1.82) is 0 Å². The van der Waals surface area contributed by atoms with Crippen LogP contribution in [0.4, 0.5) is 17.6 Å². The van der Waals surface area contributed by atoms with Crippen molar-refractivity contribution < 1.29 is 30.8 Å². The fourth-order valence-electron chi connectivity index (χ4n) is 4.26. The summed E-state index contributed by atoms with van der Waals surface area (Å²) in [6.45, 7) is 3.15. The molecular formula is C24H22ClF4N5O3S. The molecule has 0 bridgehead atoms. The van der Waals surface area contributed by atoms with E-state index < -0.39 is 46.1 Å². The van der Waals surface area contributed by atoms with E-state index in [1.165, 1.54) is 25.3 Å². The van der Waals surface area contributed by atoms with Gasteiger partial charge in [0.15, 0.2) is 10.8 Å². The molecule has 0 saturated carbocycles. The number of alkyl halides is 4. The summed E-state index contributed by atoms with van der Waals surface area (Å²) in [5, 5.41) is -0.113. The third kappa shape index (κ3) is 5.69. The van der Waals surface area contributed by atoms with E-state index in [1.54, 1.807) is 13.0 Å². The number of nitrogens with zero attached hydrogens (tertiary/aromatic N) is 5. The van der Waals surface area contributed by atoms with E-state index >= 15 is 0 Å². The highest BCUT2D eigenvalue weighted by atomic mass is 35.5. The van der Waals surface area contributed by atoms with Gasteiger partial charge in [0.25, 0.3) is 10.0 Å². The van der Waals surface area contributed by atoms with Crippen LogP contribution in [0.1, 0.15) is 36.7 Å². The molecule has 38 heavy (non-hydrogen) atoms. The highest BCUT2D eigenvalue weighted by molar-refractivity contribution is 7.89. The molecule has 0 N–H and O–H groups in total. The van der Waals surface area contributed by atoms with Crippen molar-refractivity contribution in [3.05, 3.63) is 65.0 Å². The number of sulfonamides is 1. The molecule has 0 aromatic carbocycles. The molecule has 1 aliphatic heterocycles. The quantitative estimate of drug-likeness (QED) is 0.381. The van der Waals surface area contributed by atoms with E-state index in [9.17, 15) is 30.8 Å². The number of rotatable bonds is 7. The second-order valence-electron chi connectivity index (χ2n) is 8.91. The summed E-state index contributed by atoms with van der Waals surface area (Å²) in [6.07, 6.45) is -1.74. The fourth-order valence-corrected chi connectivity index (χ4v) is 6.13. The van der Waals surface area contributed by atoms with Crippen LogP contribution in [0.25, 0.3) is 11.3 Å². The lowest BCUT2D eigenvalue weighted by Crippen LogP contribution is -2.45. The molecule has 14 heteroatoms. The normalized spacial score (nSPS) is 20.6. The van der Waals surface area contributed by atoms with Crippen LogP contribution in [-0.4, -0.2) is 56.7 Å². The van der Waals surface area contributed by atoms with Gasteiger partial charge in [-0.15, -0.1) is 0 Å². The van der Waals surface area contributed by atoms with Gasteiger partial charge >= 0.3 is 6.18 Å². The van der Waals surface area contributed by atoms with Crippen LogP contribution in [0, 0.1) is 6.92 Å². The molecule has 0 aliphatic carbocycles. The van der Waals surface area contributed by atoms with Gasteiger partial charge in [0, 0.05) is 43.2 Å². The summed E-state index contributed by atoms with van der Waals surface area (Å²) in [7, 11) is -4.28. The van der Waals surface area contributed by atoms with Crippen LogP contribution in [0.5, 0.6) is 0 Å². The Morgan fingerprint density at radius 3 is 2.39 bits per heavy atom. The van der Waals surface area contributed by atoms with Gasteiger partial charge in [-0.1, -0.05) is 11.6 Å². The lowest BCUT2D eigenvalue weighted by atomic mass is 9.99. The molecule has 4 heterocycles. The second kappa shape index (κ2) is 10.6. The second-order valence-corrected chi connectivity index (χ2v) is 11.1. The number of carbonyl (C=O) groups excluding carboxylic acids is 1. The van der Waals surface area contributed by atoms with Gasteiger partial charge < -0.3 is 0 Å². The zero-order valence-electron chi connectivity index (χ0n) is 20.2. The standard InChI is InChI=1S/C24H22ClF4N5O3S/c1-13-9-30-19(16-10-32-23(33-11-16)24(27,28)29)7-15(13)3-5-21(35)20-8-18(26)14(2)34(20)38(36,37)22-6-4-17(25)12-31-22/h4,6-7,9-12,14,18,20H,3,5,8H2,1-2H3/t14-,18+,20-/m0/s1. The summed E-state index contributed by atoms with van der Waals surface area (Å²) in [5.41, 5.74) is 1.94. The minimum atomic E-state index is -4.67. The molecule has 1 fully saturated rings. The van der Waals surface area contributed by atoms with E-state index in [4.69, 9.17) is 11.6 Å². The van der Waals surface area contributed by atoms with Gasteiger partial charge in [-0.25, -0.2) is 27.8 Å². The first-order valence-electron chi connectivity index (χ1n) is 11.5. The first kappa shape index (κ1) is 28.0. The van der Waals surface area contributed by atoms with Crippen LogP contribution in [0.2, 0.25) is 5.02 Å². The van der Waals surface area contributed by atoms with Crippen LogP contribution in [0.3, 0.4) is 0 Å². The van der Waals surface area contributed by atoms with Crippen LogP contribution >= 0.6 is 11.6 Å². The third-order valence-corrected chi connectivity index (χ3v) is 8.49. The Kier molecular flexibility index (Phi) is 7.82. The Balaban J connectivity index is 1.53. The molecular weight excluding hydrogens is 550 g/mol. The molecule has 1 saturated heterocycles. The molecule has 3 aromatic rings. The van der Waals surface area contributed by atoms with Crippen molar-refractivity contribution in [3.8, 4) is 11.3 Å². The number of aryl methyl sites for hydroxylation is 2. The fraction of sp³-hybridized carbons (Fsp3) is 0.375. The minimum Gasteiger partial charge on any atom is -0.298 e. The first-order chi connectivity index (χ1) is 17.8. The molecule has 0 unspecified atom stereocenters. The highest BCUT2D eigenvalue weighted by Crippen LogP contribution is 2.34. The summed E-state index contributed by atoms with van der Waals surface area (Å²) < 4.78 is 80.3. The Morgan fingerprint density at radius 2 is 1.79 bits per heavy atom. The maximum Gasteiger partial charge on any atom is 0.451 e. The van der Waals surface area contributed by atoms with Crippen molar-refractivity contribution in [2.24, 2.45) is 0 Å². The number of hydrogen-bond donors (Lipinski definition) is 0. The number of hydrogen-bond acceptors (Lipinski definition) is 7. The minimum absolute atomic E-state index is 0.0992. The molecule has 202 valence electrons. The first-order valence-corrected chi connectivity index (χ1v) is 13.3. The zero-order chi connectivity index (χ0) is 27.8. The molecule has 8 nitrogen and oxygen atoms in total. The number of ketones is 1. The van der Waals surface area contributed by atoms with Crippen molar-refractivity contribution in [2.45, 2.75) is 62.6 Å². The summed E-state index contributed by atoms with van der Waals surface area (Å²) in [6, 6.07) is 1.87. The largest absolute Gasteiger partial charge is 0.451 e. The monoisotopic (exact) mass is 571 g/mol. The summed E-state index contributed by atoms with van der Waals surface area (Å²) >= 11 is 5.80. The predicted molar refractivity (Wildman–Crippen MR) is 129 cm³/mol. The van der Waals surface area contributed by atoms with Crippen molar-refractivity contribution in [2.75, 3.05) is 0 Å². The predicted octanol–water partition coefficient (Wildman–Crippen LogP) is 4.61. The van der Waals surface area contributed by atoms with E-state index in [0.29, 0.717) is 16.8 Å². The van der Waals surface area contributed by atoms with Crippen molar-refractivity contribution >= 4 is 27.4 Å². The number of pyridine rings is 2. The van der Waals surface area contributed by atoms with E-state index in [0.717, 1.165) is 22.9 Å². The van der Waals surface area contributed by atoms with Gasteiger partial charge in [0.1, 0.15) is 6.17 Å². The zero-order valence-corrected chi connectivity index (χ0v) is 21.7. The van der Waals surface area contributed by atoms with Crippen molar-refractivity contribution in [3.63, 3.8) is 0 Å². The number of halogens is 5. The maximum absolute atomic E-state index is 14.7. The number of aromatic nitrogens is 4.